The average molecular weight is 357 g/mol. The zero-order valence-electron chi connectivity index (χ0n) is 13.3. The van der Waals surface area contributed by atoms with Crippen molar-refractivity contribution in [1.29, 1.82) is 0 Å². The minimum Gasteiger partial charge on any atom is -0.344 e. The molecule has 7 heteroatoms. The van der Waals surface area contributed by atoms with Gasteiger partial charge in [0, 0.05) is 11.9 Å². The van der Waals surface area contributed by atoms with Crippen LogP contribution < -0.4 is 10.6 Å². The number of carbonyl (C=O) groups excluding carboxylic acids is 2. The van der Waals surface area contributed by atoms with Gasteiger partial charge in [0.15, 0.2) is 0 Å². The van der Waals surface area contributed by atoms with Crippen LogP contribution in [0.5, 0.6) is 0 Å². The van der Waals surface area contributed by atoms with Crippen molar-refractivity contribution < 1.29 is 14.0 Å². The lowest BCUT2D eigenvalue weighted by atomic mass is 10.2. The summed E-state index contributed by atoms with van der Waals surface area (Å²) in [4.78, 5) is 28.0. The molecule has 0 bridgehead atoms. The monoisotopic (exact) mass is 357 g/mol. The zero-order valence-corrected chi connectivity index (χ0v) is 14.1. The molecule has 0 aliphatic heterocycles. The van der Waals surface area contributed by atoms with Crippen LogP contribution in [-0.2, 0) is 10.5 Å². The van der Waals surface area contributed by atoms with Crippen LogP contribution in [-0.4, -0.2) is 29.9 Å². The van der Waals surface area contributed by atoms with Crippen LogP contribution in [0.4, 0.5) is 4.39 Å². The summed E-state index contributed by atoms with van der Waals surface area (Å²) in [5.41, 5.74) is 1.29. The first kappa shape index (κ1) is 18.5. The maximum absolute atomic E-state index is 12.9. The Balaban J connectivity index is 1.97. The summed E-state index contributed by atoms with van der Waals surface area (Å²) in [5, 5.41) is 5.53. The molecule has 0 saturated heterocycles. The van der Waals surface area contributed by atoms with Crippen molar-refractivity contribution in [2.24, 2.45) is 0 Å². The van der Waals surface area contributed by atoms with Crippen LogP contribution in [0.2, 0.25) is 0 Å². The van der Waals surface area contributed by atoms with Crippen LogP contribution in [0.25, 0.3) is 0 Å². The van der Waals surface area contributed by atoms with E-state index in [9.17, 15) is 14.0 Å². The third kappa shape index (κ3) is 5.94. The smallest absolute Gasteiger partial charge is 0.254 e. The molecule has 25 heavy (non-hydrogen) atoms. The van der Waals surface area contributed by atoms with Gasteiger partial charge in [-0.25, -0.2) is 9.37 Å². The molecule has 0 fully saturated rings. The van der Waals surface area contributed by atoms with E-state index in [0.717, 1.165) is 5.56 Å². The first-order valence-corrected chi connectivity index (χ1v) is 8.39. The second-order valence-corrected chi connectivity index (χ2v) is 5.90. The quantitative estimate of drug-likeness (QED) is 0.587. The molecule has 2 aromatic rings. The van der Waals surface area contributed by atoms with E-state index < -0.39 is 5.91 Å². The first-order valence-electron chi connectivity index (χ1n) is 7.40. The SMILES string of the molecule is C#CCNC(=O)CNC(=O)c1cccnc1SCc1ccc(F)cc1. The molecule has 0 aliphatic carbocycles. The maximum Gasteiger partial charge on any atom is 0.254 e. The minimum atomic E-state index is -0.398. The highest BCUT2D eigenvalue weighted by molar-refractivity contribution is 7.98. The van der Waals surface area contributed by atoms with E-state index in [-0.39, 0.29) is 24.8 Å². The molecule has 2 rings (SSSR count). The molecule has 1 heterocycles. The average Bonchev–Trinajstić information content (AvgIpc) is 2.64. The Labute approximate surface area is 149 Å². The number of nitrogens with one attached hydrogen (secondary N) is 2. The van der Waals surface area contributed by atoms with Crippen LogP contribution in [0, 0.1) is 18.2 Å². The minimum absolute atomic E-state index is 0.111. The molecule has 128 valence electrons. The fourth-order valence-corrected chi connectivity index (χ4v) is 2.83. The second-order valence-electron chi connectivity index (χ2n) is 4.93. The maximum atomic E-state index is 12.9. The predicted octanol–water partition coefficient (Wildman–Crippen LogP) is 1.99. The fraction of sp³-hybridized carbons (Fsp3) is 0.167. The number of benzene rings is 1. The number of nitrogens with zero attached hydrogens (tertiary/aromatic N) is 1. The molecule has 1 aromatic heterocycles. The first-order chi connectivity index (χ1) is 12.1. The molecule has 0 atom stereocenters. The van der Waals surface area contributed by atoms with E-state index in [2.05, 4.69) is 21.5 Å². The standard InChI is InChI=1S/C18H16FN3O2S/c1-2-9-20-16(23)11-22-17(24)15-4-3-10-21-18(15)25-12-13-5-7-14(19)8-6-13/h1,3-8,10H,9,11-12H2,(H,20,23)(H,22,24). The summed E-state index contributed by atoms with van der Waals surface area (Å²) in [5.74, 6) is 1.76. The van der Waals surface area contributed by atoms with Gasteiger partial charge in [0.25, 0.3) is 5.91 Å². The normalized spacial score (nSPS) is 9.92. The number of amides is 2. The number of carbonyl (C=O) groups is 2. The molecular formula is C18H16FN3O2S. The Morgan fingerprint density at radius 3 is 2.68 bits per heavy atom. The molecule has 2 amide bonds. The van der Waals surface area contributed by atoms with Crippen LogP contribution in [0.3, 0.4) is 0 Å². The van der Waals surface area contributed by atoms with E-state index in [1.165, 1.54) is 23.9 Å². The van der Waals surface area contributed by atoms with Gasteiger partial charge in [-0.3, -0.25) is 9.59 Å². The third-order valence-electron chi connectivity index (χ3n) is 3.10. The van der Waals surface area contributed by atoms with Gasteiger partial charge in [-0.05, 0) is 29.8 Å². The van der Waals surface area contributed by atoms with Crippen molar-refractivity contribution in [1.82, 2.24) is 15.6 Å². The molecule has 0 saturated carbocycles. The molecule has 0 spiro atoms. The van der Waals surface area contributed by atoms with Gasteiger partial charge in [0.1, 0.15) is 10.8 Å². The number of pyridine rings is 1. The summed E-state index contributed by atoms with van der Waals surface area (Å²) >= 11 is 1.36. The Kier molecular flexibility index (Phi) is 6.99. The number of aromatic nitrogens is 1. The van der Waals surface area contributed by atoms with Gasteiger partial charge in [0.05, 0.1) is 18.7 Å². The van der Waals surface area contributed by atoms with Gasteiger partial charge in [-0.2, -0.15) is 0 Å². The topological polar surface area (TPSA) is 71.1 Å². The number of halogens is 1. The Morgan fingerprint density at radius 2 is 1.96 bits per heavy atom. The Bertz CT molecular complexity index is 788. The largest absolute Gasteiger partial charge is 0.344 e. The third-order valence-corrected chi connectivity index (χ3v) is 4.18. The highest BCUT2D eigenvalue weighted by atomic mass is 32.2. The van der Waals surface area contributed by atoms with E-state index in [0.29, 0.717) is 16.3 Å². The van der Waals surface area contributed by atoms with Crippen LogP contribution >= 0.6 is 11.8 Å². The van der Waals surface area contributed by atoms with E-state index in [1.807, 2.05) is 0 Å². The van der Waals surface area contributed by atoms with Crippen molar-refractivity contribution in [3.05, 3.63) is 59.5 Å². The Hall–Kier alpha value is -2.85. The molecule has 0 unspecified atom stereocenters. The van der Waals surface area contributed by atoms with Gasteiger partial charge >= 0.3 is 0 Å². The molecular weight excluding hydrogens is 341 g/mol. The van der Waals surface area contributed by atoms with Crippen molar-refractivity contribution in [3.63, 3.8) is 0 Å². The van der Waals surface area contributed by atoms with E-state index in [4.69, 9.17) is 6.42 Å². The van der Waals surface area contributed by atoms with Gasteiger partial charge in [-0.1, -0.05) is 18.1 Å². The van der Waals surface area contributed by atoms with Gasteiger partial charge < -0.3 is 10.6 Å². The number of thioether (sulfide) groups is 1. The predicted molar refractivity (Wildman–Crippen MR) is 94.4 cm³/mol. The lowest BCUT2D eigenvalue weighted by Crippen LogP contribution is -2.37. The zero-order chi connectivity index (χ0) is 18.1. The highest BCUT2D eigenvalue weighted by Crippen LogP contribution is 2.24. The number of hydrogen-bond acceptors (Lipinski definition) is 4. The summed E-state index contributed by atoms with van der Waals surface area (Å²) in [6, 6.07) is 9.42. The molecule has 0 radical (unpaired) electrons. The molecule has 1 aromatic carbocycles. The van der Waals surface area contributed by atoms with E-state index >= 15 is 0 Å². The van der Waals surface area contributed by atoms with Crippen molar-refractivity contribution >= 4 is 23.6 Å². The molecule has 5 nitrogen and oxygen atoms in total. The van der Waals surface area contributed by atoms with Crippen molar-refractivity contribution in [2.45, 2.75) is 10.8 Å². The lowest BCUT2D eigenvalue weighted by Gasteiger charge is -2.09. The molecule has 2 N–H and O–H groups in total. The Morgan fingerprint density at radius 1 is 1.20 bits per heavy atom. The van der Waals surface area contributed by atoms with Gasteiger partial charge in [-0.15, -0.1) is 18.2 Å². The summed E-state index contributed by atoms with van der Waals surface area (Å²) in [7, 11) is 0. The summed E-state index contributed by atoms with van der Waals surface area (Å²) in [6.07, 6.45) is 6.64. The lowest BCUT2D eigenvalue weighted by molar-refractivity contribution is -0.119. The highest BCUT2D eigenvalue weighted by Gasteiger charge is 2.13. The molecule has 0 aliphatic rings. The van der Waals surface area contributed by atoms with Gasteiger partial charge in [0.2, 0.25) is 5.91 Å². The van der Waals surface area contributed by atoms with Crippen LogP contribution in [0.15, 0.2) is 47.6 Å². The number of hydrogen-bond donors (Lipinski definition) is 2. The van der Waals surface area contributed by atoms with Crippen LogP contribution in [0.1, 0.15) is 15.9 Å². The van der Waals surface area contributed by atoms with Crippen molar-refractivity contribution in [3.8, 4) is 12.3 Å². The van der Waals surface area contributed by atoms with E-state index in [1.54, 1.807) is 30.5 Å². The number of terminal acetylenes is 1. The second kappa shape index (κ2) is 9.45. The van der Waals surface area contributed by atoms with Crippen molar-refractivity contribution in [2.75, 3.05) is 13.1 Å². The summed E-state index contributed by atoms with van der Waals surface area (Å²) in [6.45, 7) is -0.0577. The summed E-state index contributed by atoms with van der Waals surface area (Å²) < 4.78 is 12.9. The fourth-order valence-electron chi connectivity index (χ4n) is 1.88. The number of rotatable bonds is 7.